The van der Waals surface area contributed by atoms with Gasteiger partial charge in [-0.15, -0.1) is 13.2 Å². The van der Waals surface area contributed by atoms with Gasteiger partial charge in [-0.3, -0.25) is 9.59 Å². The Hall–Kier alpha value is -3.33. The van der Waals surface area contributed by atoms with Crippen molar-refractivity contribution < 1.29 is 43.1 Å². The predicted molar refractivity (Wildman–Crippen MR) is 110 cm³/mol. The second-order valence-electron chi connectivity index (χ2n) is 7.46. The number of hydrogen-bond acceptors (Lipinski definition) is 4. The Morgan fingerprint density at radius 3 is 2.34 bits per heavy atom. The van der Waals surface area contributed by atoms with Gasteiger partial charge in [-0.2, -0.15) is 0 Å². The number of carbonyl (C=O) groups is 2. The Kier molecular flexibility index (Phi) is 8.42. The SMILES string of the molecule is CC(C)c1cc(COc2ccc(C(CC(=O)O)C([NH3+])=CC=O)cc2)ccc1OC(F)(F)F. The Morgan fingerprint density at radius 2 is 1.81 bits per heavy atom. The molecule has 32 heavy (non-hydrogen) atoms. The topological polar surface area (TPSA) is 100 Å². The van der Waals surface area contributed by atoms with Crippen LogP contribution in [0.25, 0.3) is 0 Å². The quantitative estimate of drug-likeness (QED) is 0.416. The van der Waals surface area contributed by atoms with Crippen molar-refractivity contribution in [3.63, 3.8) is 0 Å². The third-order valence-corrected chi connectivity index (χ3v) is 4.72. The highest BCUT2D eigenvalue weighted by Crippen LogP contribution is 2.32. The van der Waals surface area contributed by atoms with Crippen LogP contribution < -0.4 is 15.2 Å². The highest BCUT2D eigenvalue weighted by molar-refractivity contribution is 5.70. The van der Waals surface area contributed by atoms with Crippen molar-refractivity contribution in [2.24, 2.45) is 0 Å². The number of ether oxygens (including phenoxy) is 2. The lowest BCUT2D eigenvalue weighted by molar-refractivity contribution is -0.310. The molecule has 2 aromatic carbocycles. The summed E-state index contributed by atoms with van der Waals surface area (Å²) < 4.78 is 47.6. The van der Waals surface area contributed by atoms with Crippen LogP contribution in [0.15, 0.2) is 54.2 Å². The molecule has 0 radical (unpaired) electrons. The van der Waals surface area contributed by atoms with Gasteiger partial charge in [0.15, 0.2) is 0 Å². The van der Waals surface area contributed by atoms with Gasteiger partial charge in [-0.05, 0) is 46.9 Å². The first-order valence-corrected chi connectivity index (χ1v) is 9.80. The average Bonchev–Trinajstić information content (AvgIpc) is 2.70. The number of carbonyl (C=O) groups excluding carboxylic acids is 1. The number of carboxylic acid groups (broad SMARTS) is 1. The zero-order valence-corrected chi connectivity index (χ0v) is 17.7. The van der Waals surface area contributed by atoms with Crippen LogP contribution in [0, 0.1) is 0 Å². The highest BCUT2D eigenvalue weighted by Gasteiger charge is 2.32. The van der Waals surface area contributed by atoms with Crippen molar-refractivity contribution in [2.45, 2.75) is 45.1 Å². The monoisotopic (exact) mass is 452 g/mol. The van der Waals surface area contributed by atoms with E-state index in [1.807, 2.05) is 0 Å². The van der Waals surface area contributed by atoms with Crippen LogP contribution in [0.5, 0.6) is 11.5 Å². The first-order chi connectivity index (χ1) is 15.0. The molecule has 4 N–H and O–H groups in total. The molecule has 6 nitrogen and oxygen atoms in total. The van der Waals surface area contributed by atoms with Crippen LogP contribution in [0.2, 0.25) is 0 Å². The lowest BCUT2D eigenvalue weighted by Crippen LogP contribution is -2.50. The molecule has 1 atom stereocenters. The molecule has 2 aromatic rings. The molecule has 0 aliphatic rings. The van der Waals surface area contributed by atoms with Gasteiger partial charge in [0.1, 0.15) is 30.1 Å². The molecule has 0 spiro atoms. The first kappa shape index (κ1) is 24.9. The zero-order valence-electron chi connectivity index (χ0n) is 17.7. The molecule has 0 fully saturated rings. The Labute approximate surface area is 183 Å². The molecule has 0 bridgehead atoms. The molecule has 0 saturated carbocycles. The van der Waals surface area contributed by atoms with E-state index in [1.165, 1.54) is 18.2 Å². The third-order valence-electron chi connectivity index (χ3n) is 4.72. The molecule has 2 rings (SSSR count). The summed E-state index contributed by atoms with van der Waals surface area (Å²) in [6, 6.07) is 11.1. The second-order valence-corrected chi connectivity index (χ2v) is 7.46. The first-order valence-electron chi connectivity index (χ1n) is 9.80. The summed E-state index contributed by atoms with van der Waals surface area (Å²) in [5.41, 5.74) is 5.90. The number of rotatable bonds is 10. The van der Waals surface area contributed by atoms with Gasteiger partial charge in [0.25, 0.3) is 0 Å². The standard InChI is InChI=1S/C23H24F3NO5/c1-14(2)18-11-15(3-8-21(18)32-23(24,25)26)13-31-17-6-4-16(5-7-17)19(12-22(29)30)20(27)9-10-28/h3-11,14,19H,12-13,27H2,1-2H3,(H,29,30)/p+1. The minimum absolute atomic E-state index is 0.121. The van der Waals surface area contributed by atoms with Crippen molar-refractivity contribution in [3.05, 3.63) is 70.9 Å². The van der Waals surface area contributed by atoms with Crippen LogP contribution in [0.4, 0.5) is 13.2 Å². The molecule has 0 amide bonds. The van der Waals surface area contributed by atoms with Crippen LogP contribution in [-0.2, 0) is 16.2 Å². The van der Waals surface area contributed by atoms with E-state index in [2.05, 4.69) is 10.5 Å². The average molecular weight is 452 g/mol. The lowest BCUT2D eigenvalue weighted by atomic mass is 9.92. The van der Waals surface area contributed by atoms with Crippen molar-refractivity contribution in [1.82, 2.24) is 0 Å². The van der Waals surface area contributed by atoms with E-state index in [0.717, 1.165) is 0 Å². The Bertz CT molecular complexity index is 969. The van der Waals surface area contributed by atoms with Crippen LogP contribution >= 0.6 is 0 Å². The van der Waals surface area contributed by atoms with Crippen molar-refractivity contribution in [1.29, 1.82) is 0 Å². The maximum atomic E-state index is 12.6. The maximum absolute atomic E-state index is 12.6. The highest BCUT2D eigenvalue weighted by atomic mass is 19.4. The number of alkyl halides is 3. The molecule has 1 unspecified atom stereocenters. The molecular weight excluding hydrogens is 427 g/mol. The van der Waals surface area contributed by atoms with E-state index in [0.29, 0.717) is 34.4 Å². The molecule has 9 heteroatoms. The maximum Gasteiger partial charge on any atom is 0.573 e. The number of aliphatic carboxylic acids is 1. The molecule has 0 aliphatic carbocycles. The van der Waals surface area contributed by atoms with E-state index in [-0.39, 0.29) is 24.7 Å². The van der Waals surface area contributed by atoms with Gasteiger partial charge in [-0.1, -0.05) is 32.0 Å². The van der Waals surface area contributed by atoms with E-state index < -0.39 is 18.2 Å². The molecule has 0 aliphatic heterocycles. The van der Waals surface area contributed by atoms with Crippen molar-refractivity contribution in [3.8, 4) is 11.5 Å². The largest absolute Gasteiger partial charge is 0.573 e. The molecular formula is C23H25F3NO5+. The summed E-state index contributed by atoms with van der Waals surface area (Å²) in [6.07, 6.45) is -3.19. The summed E-state index contributed by atoms with van der Waals surface area (Å²) >= 11 is 0. The number of hydrogen-bond donors (Lipinski definition) is 2. The molecule has 0 heterocycles. The fourth-order valence-corrected chi connectivity index (χ4v) is 3.16. The summed E-state index contributed by atoms with van der Waals surface area (Å²) in [7, 11) is 0. The number of benzene rings is 2. The van der Waals surface area contributed by atoms with Gasteiger partial charge in [-0.25, -0.2) is 0 Å². The summed E-state index contributed by atoms with van der Waals surface area (Å²) in [5.74, 6) is -1.50. The van der Waals surface area contributed by atoms with Crippen LogP contribution in [0.3, 0.4) is 0 Å². The molecule has 172 valence electrons. The summed E-state index contributed by atoms with van der Waals surface area (Å²) in [4.78, 5) is 21.9. The minimum atomic E-state index is -4.77. The third kappa shape index (κ3) is 7.42. The number of carboxylic acids is 1. The zero-order chi connectivity index (χ0) is 23.9. The van der Waals surface area contributed by atoms with Gasteiger partial charge < -0.3 is 20.3 Å². The molecule has 0 saturated heterocycles. The summed E-state index contributed by atoms with van der Waals surface area (Å²) in [6.45, 7) is 3.66. The lowest BCUT2D eigenvalue weighted by Gasteiger charge is -2.17. The smallest absolute Gasteiger partial charge is 0.489 e. The van der Waals surface area contributed by atoms with E-state index in [9.17, 15) is 22.8 Å². The van der Waals surface area contributed by atoms with Gasteiger partial charge in [0.05, 0.1) is 12.3 Å². The normalized spacial score (nSPS) is 13.0. The minimum Gasteiger partial charge on any atom is -0.489 e. The predicted octanol–water partition coefficient (Wildman–Crippen LogP) is 4.17. The number of aldehydes is 1. The van der Waals surface area contributed by atoms with Crippen molar-refractivity contribution in [2.75, 3.05) is 0 Å². The second kappa shape index (κ2) is 10.8. The van der Waals surface area contributed by atoms with E-state index >= 15 is 0 Å². The van der Waals surface area contributed by atoms with Gasteiger partial charge >= 0.3 is 12.3 Å². The van der Waals surface area contributed by atoms with E-state index in [1.54, 1.807) is 44.2 Å². The Balaban J connectivity index is 2.14. The fourth-order valence-electron chi connectivity index (χ4n) is 3.16. The summed E-state index contributed by atoms with van der Waals surface area (Å²) in [5, 5.41) is 9.13. The number of allylic oxidation sites excluding steroid dienone is 2. The fraction of sp³-hybridized carbons (Fsp3) is 0.304. The van der Waals surface area contributed by atoms with E-state index in [4.69, 9.17) is 9.84 Å². The number of halogens is 3. The Morgan fingerprint density at radius 1 is 1.16 bits per heavy atom. The van der Waals surface area contributed by atoms with Crippen LogP contribution in [-0.4, -0.2) is 23.7 Å². The van der Waals surface area contributed by atoms with Crippen molar-refractivity contribution >= 4 is 12.3 Å². The van der Waals surface area contributed by atoms with Crippen LogP contribution in [0.1, 0.15) is 48.8 Å². The molecule has 0 aromatic heterocycles. The van der Waals surface area contributed by atoms with Gasteiger partial charge in [0.2, 0.25) is 0 Å². The number of quaternary nitrogens is 1. The van der Waals surface area contributed by atoms with Gasteiger partial charge in [0, 0.05) is 6.08 Å².